The molecule has 0 saturated heterocycles. The third-order valence-corrected chi connectivity index (χ3v) is 4.79. The predicted molar refractivity (Wildman–Crippen MR) is 105 cm³/mol. The molecule has 1 saturated carbocycles. The number of benzene rings is 1. The van der Waals surface area contributed by atoms with Crippen molar-refractivity contribution >= 4 is 17.3 Å². The second-order valence-electron chi connectivity index (χ2n) is 6.76. The van der Waals surface area contributed by atoms with Crippen molar-refractivity contribution in [2.45, 2.75) is 37.8 Å². The molecule has 0 bridgehead atoms. The molecule has 4 rings (SSSR count). The maximum Gasteiger partial charge on any atom is 0.183 e. The Morgan fingerprint density at radius 3 is 2.79 bits per heavy atom. The van der Waals surface area contributed by atoms with Gasteiger partial charge in [-0.05, 0) is 31.0 Å². The Kier molecular flexibility index (Phi) is 5.12. The first-order valence-corrected chi connectivity index (χ1v) is 9.26. The lowest BCUT2D eigenvalue weighted by molar-refractivity contribution is 0.403. The molecule has 9 heteroatoms. The summed E-state index contributed by atoms with van der Waals surface area (Å²) in [6.07, 6.45) is 9.12. The van der Waals surface area contributed by atoms with Crippen LogP contribution >= 0.6 is 0 Å². The summed E-state index contributed by atoms with van der Waals surface area (Å²) in [5.74, 6) is 0.996. The van der Waals surface area contributed by atoms with Crippen LogP contribution < -0.4 is 16.4 Å². The van der Waals surface area contributed by atoms with Gasteiger partial charge < -0.3 is 16.4 Å². The zero-order chi connectivity index (χ0) is 19.3. The molecule has 0 radical (unpaired) electrons. The molecule has 0 amide bonds. The summed E-state index contributed by atoms with van der Waals surface area (Å²) < 4.78 is 0. The molecule has 1 aliphatic rings. The van der Waals surface area contributed by atoms with Crippen molar-refractivity contribution in [2.24, 2.45) is 5.73 Å². The normalized spacial score (nSPS) is 19.0. The number of anilines is 3. The van der Waals surface area contributed by atoms with E-state index in [1.807, 2.05) is 24.3 Å². The summed E-state index contributed by atoms with van der Waals surface area (Å²) in [6.45, 7) is 0. The second kappa shape index (κ2) is 8.02. The Labute approximate surface area is 162 Å². The van der Waals surface area contributed by atoms with E-state index >= 15 is 0 Å². The summed E-state index contributed by atoms with van der Waals surface area (Å²) in [5.41, 5.74) is 7.99. The number of hydrogen-bond donors (Lipinski definition) is 3. The quantitative estimate of drug-likeness (QED) is 0.619. The first kappa shape index (κ1) is 17.9. The van der Waals surface area contributed by atoms with Crippen LogP contribution in [0.25, 0.3) is 5.69 Å². The zero-order valence-electron chi connectivity index (χ0n) is 15.3. The Morgan fingerprint density at radius 1 is 1.18 bits per heavy atom. The number of nitriles is 1. The molecular formula is C19H21N9. The topological polar surface area (TPSA) is 130 Å². The van der Waals surface area contributed by atoms with Gasteiger partial charge in [0.2, 0.25) is 0 Å². The van der Waals surface area contributed by atoms with Crippen LogP contribution in [-0.4, -0.2) is 37.0 Å². The minimum atomic E-state index is 0.0980. The van der Waals surface area contributed by atoms with Crippen LogP contribution in [0.2, 0.25) is 0 Å². The molecule has 3 aromatic rings. The van der Waals surface area contributed by atoms with Crippen molar-refractivity contribution in [3.63, 3.8) is 0 Å². The van der Waals surface area contributed by atoms with Gasteiger partial charge in [-0.2, -0.15) is 20.3 Å². The number of hydrogen-bond acceptors (Lipinski definition) is 8. The van der Waals surface area contributed by atoms with Crippen LogP contribution in [0.1, 0.15) is 31.4 Å². The first-order chi connectivity index (χ1) is 13.7. The Bertz CT molecular complexity index is 977. The van der Waals surface area contributed by atoms with Gasteiger partial charge in [0.15, 0.2) is 11.5 Å². The van der Waals surface area contributed by atoms with E-state index in [4.69, 9.17) is 5.73 Å². The highest BCUT2D eigenvalue weighted by atomic mass is 15.5. The third kappa shape index (κ3) is 3.92. The highest BCUT2D eigenvalue weighted by Gasteiger charge is 2.22. The molecule has 2 heterocycles. The number of nitrogens with one attached hydrogen (secondary N) is 2. The standard InChI is InChI=1S/C19H21N9/c20-11-17-19(25-13-4-3-5-14(10-13)28-23-8-9-24-28)27-18(12-22-17)26-16-7-2-1-6-15(16)21/h3-5,8-10,12,15-16H,1-2,6-7,21H2,(H2,25,26,27)/t15-,16+/m0/s1. The van der Waals surface area contributed by atoms with E-state index in [1.165, 1.54) is 4.80 Å². The van der Waals surface area contributed by atoms with Crippen LogP contribution in [-0.2, 0) is 0 Å². The molecule has 1 fully saturated rings. The van der Waals surface area contributed by atoms with E-state index in [-0.39, 0.29) is 17.8 Å². The van der Waals surface area contributed by atoms with Crippen molar-refractivity contribution in [1.29, 1.82) is 5.26 Å². The molecule has 9 nitrogen and oxygen atoms in total. The van der Waals surface area contributed by atoms with E-state index in [2.05, 4.69) is 36.9 Å². The van der Waals surface area contributed by atoms with Crippen LogP contribution in [0, 0.1) is 11.3 Å². The van der Waals surface area contributed by atoms with Gasteiger partial charge in [-0.15, -0.1) is 0 Å². The number of rotatable bonds is 5. The highest BCUT2D eigenvalue weighted by molar-refractivity contribution is 5.64. The smallest absolute Gasteiger partial charge is 0.183 e. The van der Waals surface area contributed by atoms with Gasteiger partial charge in [-0.1, -0.05) is 18.9 Å². The van der Waals surface area contributed by atoms with Crippen molar-refractivity contribution in [1.82, 2.24) is 25.0 Å². The summed E-state index contributed by atoms with van der Waals surface area (Å²) in [4.78, 5) is 10.3. The summed E-state index contributed by atoms with van der Waals surface area (Å²) >= 11 is 0. The van der Waals surface area contributed by atoms with Gasteiger partial charge >= 0.3 is 0 Å². The maximum absolute atomic E-state index is 9.40. The fraction of sp³-hybridized carbons (Fsp3) is 0.316. The van der Waals surface area contributed by atoms with Crippen LogP contribution in [0.5, 0.6) is 0 Å². The average molecular weight is 375 g/mol. The fourth-order valence-corrected chi connectivity index (χ4v) is 3.35. The number of aromatic nitrogens is 5. The van der Waals surface area contributed by atoms with Crippen LogP contribution in [0.15, 0.2) is 42.9 Å². The van der Waals surface area contributed by atoms with Gasteiger partial charge in [-0.25, -0.2) is 9.97 Å². The number of nitrogens with zero attached hydrogens (tertiary/aromatic N) is 6. The van der Waals surface area contributed by atoms with Crippen LogP contribution in [0.3, 0.4) is 0 Å². The van der Waals surface area contributed by atoms with Gasteiger partial charge in [0, 0.05) is 17.8 Å². The van der Waals surface area contributed by atoms with Crippen molar-refractivity contribution in [2.75, 3.05) is 10.6 Å². The van der Waals surface area contributed by atoms with Gasteiger partial charge in [-0.3, -0.25) is 0 Å². The van der Waals surface area contributed by atoms with E-state index in [0.29, 0.717) is 11.6 Å². The summed E-state index contributed by atoms with van der Waals surface area (Å²) in [6, 6.07) is 9.87. The summed E-state index contributed by atoms with van der Waals surface area (Å²) in [7, 11) is 0. The van der Waals surface area contributed by atoms with E-state index in [0.717, 1.165) is 37.1 Å². The molecule has 28 heavy (non-hydrogen) atoms. The molecule has 0 unspecified atom stereocenters. The lowest BCUT2D eigenvalue weighted by Crippen LogP contribution is -2.42. The molecule has 2 aromatic heterocycles. The Morgan fingerprint density at radius 2 is 2.00 bits per heavy atom. The first-order valence-electron chi connectivity index (χ1n) is 9.26. The highest BCUT2D eigenvalue weighted by Crippen LogP contribution is 2.23. The van der Waals surface area contributed by atoms with Crippen LogP contribution in [0.4, 0.5) is 17.3 Å². The minimum Gasteiger partial charge on any atom is -0.364 e. The fourth-order valence-electron chi connectivity index (χ4n) is 3.35. The van der Waals surface area contributed by atoms with Crippen molar-refractivity contribution in [3.8, 4) is 11.8 Å². The largest absolute Gasteiger partial charge is 0.364 e. The predicted octanol–water partition coefficient (Wildman–Crippen LogP) is 2.35. The monoisotopic (exact) mass is 375 g/mol. The Balaban J connectivity index is 1.57. The molecule has 0 aliphatic heterocycles. The molecule has 0 spiro atoms. The van der Waals surface area contributed by atoms with Gasteiger partial charge in [0.25, 0.3) is 0 Å². The second-order valence-corrected chi connectivity index (χ2v) is 6.76. The SMILES string of the molecule is N#Cc1ncc(N[C@@H]2CCCC[C@@H]2N)nc1Nc1cccc(-n2nccn2)c1. The van der Waals surface area contributed by atoms with Gasteiger partial charge in [0.05, 0.1) is 24.3 Å². The Hall–Kier alpha value is -3.51. The molecule has 4 N–H and O–H groups in total. The van der Waals surface area contributed by atoms with Crippen molar-refractivity contribution in [3.05, 3.63) is 48.5 Å². The van der Waals surface area contributed by atoms with E-state index in [9.17, 15) is 5.26 Å². The lowest BCUT2D eigenvalue weighted by Gasteiger charge is -2.29. The van der Waals surface area contributed by atoms with Crippen molar-refractivity contribution < 1.29 is 0 Å². The van der Waals surface area contributed by atoms with E-state index in [1.54, 1.807) is 18.6 Å². The molecule has 1 aromatic carbocycles. The van der Waals surface area contributed by atoms with E-state index < -0.39 is 0 Å². The van der Waals surface area contributed by atoms with Gasteiger partial charge in [0.1, 0.15) is 11.9 Å². The molecule has 142 valence electrons. The average Bonchev–Trinajstić information content (AvgIpc) is 3.25. The molecule has 2 atom stereocenters. The third-order valence-electron chi connectivity index (χ3n) is 4.79. The minimum absolute atomic E-state index is 0.0980. The summed E-state index contributed by atoms with van der Waals surface area (Å²) in [5, 5.41) is 24.2. The lowest BCUT2D eigenvalue weighted by atomic mass is 9.91. The number of nitrogens with two attached hydrogens (primary N) is 1. The zero-order valence-corrected chi connectivity index (χ0v) is 15.3. The molecule has 1 aliphatic carbocycles. The molecular weight excluding hydrogens is 354 g/mol. The maximum atomic E-state index is 9.40.